The SMILES string of the molecule is CC(Cl)(Cl)C(C(=O)Nc1ccc(Cl)c(NC(=O)c2ccc(F)cc2)c1)c1cc(Cl)cc(Cl)c1. The van der Waals surface area contributed by atoms with E-state index in [1.165, 1.54) is 49.4 Å². The van der Waals surface area contributed by atoms with Gasteiger partial charge in [-0.05, 0) is 73.2 Å². The van der Waals surface area contributed by atoms with Crippen molar-refractivity contribution in [2.45, 2.75) is 17.2 Å². The van der Waals surface area contributed by atoms with Crippen molar-refractivity contribution >= 4 is 81.2 Å². The van der Waals surface area contributed by atoms with Crippen LogP contribution in [0.4, 0.5) is 15.8 Å². The van der Waals surface area contributed by atoms with Gasteiger partial charge in [0.25, 0.3) is 5.91 Å². The third kappa shape index (κ3) is 6.75. The van der Waals surface area contributed by atoms with Crippen LogP contribution in [0, 0.1) is 5.82 Å². The fraction of sp³-hybridized carbons (Fsp3) is 0.130. The molecule has 2 N–H and O–H groups in total. The van der Waals surface area contributed by atoms with Crippen LogP contribution < -0.4 is 10.6 Å². The van der Waals surface area contributed by atoms with Gasteiger partial charge < -0.3 is 10.6 Å². The van der Waals surface area contributed by atoms with Gasteiger partial charge in [0.1, 0.15) is 10.2 Å². The Morgan fingerprint density at radius 3 is 2.06 bits per heavy atom. The van der Waals surface area contributed by atoms with E-state index >= 15 is 0 Å². The molecule has 3 aromatic rings. The monoisotopic (exact) mass is 546 g/mol. The van der Waals surface area contributed by atoms with Gasteiger partial charge in [-0.2, -0.15) is 0 Å². The fourth-order valence-corrected chi connectivity index (χ4v) is 4.28. The Labute approximate surface area is 214 Å². The lowest BCUT2D eigenvalue weighted by molar-refractivity contribution is -0.117. The molecular weight excluding hydrogens is 533 g/mol. The zero-order valence-corrected chi connectivity index (χ0v) is 20.7. The van der Waals surface area contributed by atoms with Crippen molar-refractivity contribution in [1.82, 2.24) is 0 Å². The number of halogens is 6. The van der Waals surface area contributed by atoms with Gasteiger partial charge in [0, 0.05) is 21.3 Å². The van der Waals surface area contributed by atoms with E-state index in [0.717, 1.165) is 0 Å². The van der Waals surface area contributed by atoms with Crippen molar-refractivity contribution in [1.29, 1.82) is 0 Å². The van der Waals surface area contributed by atoms with Gasteiger partial charge in [0.05, 0.1) is 16.6 Å². The number of carbonyl (C=O) groups excluding carboxylic acids is 2. The average Bonchev–Trinajstić information content (AvgIpc) is 2.69. The molecule has 0 aliphatic carbocycles. The lowest BCUT2D eigenvalue weighted by atomic mass is 9.94. The van der Waals surface area contributed by atoms with Crippen molar-refractivity contribution < 1.29 is 14.0 Å². The molecule has 4 nitrogen and oxygen atoms in total. The third-order valence-electron chi connectivity index (χ3n) is 4.58. The number of amides is 2. The van der Waals surface area contributed by atoms with Crippen LogP contribution >= 0.6 is 58.0 Å². The third-order valence-corrected chi connectivity index (χ3v) is 5.78. The van der Waals surface area contributed by atoms with E-state index < -0.39 is 27.9 Å². The lowest BCUT2D eigenvalue weighted by Gasteiger charge is -2.26. The second kappa shape index (κ2) is 10.5. The molecule has 1 unspecified atom stereocenters. The summed E-state index contributed by atoms with van der Waals surface area (Å²) in [5.41, 5.74) is 1.23. The van der Waals surface area contributed by atoms with Crippen molar-refractivity contribution in [3.63, 3.8) is 0 Å². The van der Waals surface area contributed by atoms with Gasteiger partial charge in [0.2, 0.25) is 5.91 Å². The molecule has 3 rings (SSSR count). The van der Waals surface area contributed by atoms with Crippen LogP contribution in [-0.4, -0.2) is 16.1 Å². The summed E-state index contributed by atoms with van der Waals surface area (Å²) in [5.74, 6) is -2.51. The average molecular weight is 549 g/mol. The summed E-state index contributed by atoms with van der Waals surface area (Å²) in [6.07, 6.45) is 0. The van der Waals surface area contributed by atoms with Crippen molar-refractivity contribution in [3.8, 4) is 0 Å². The molecule has 3 aromatic carbocycles. The summed E-state index contributed by atoms with van der Waals surface area (Å²) in [5, 5.41) is 6.24. The highest BCUT2D eigenvalue weighted by atomic mass is 35.5. The number of alkyl halides is 2. The molecule has 0 spiro atoms. The van der Waals surface area contributed by atoms with Gasteiger partial charge in [-0.1, -0.05) is 34.8 Å². The first-order valence-electron chi connectivity index (χ1n) is 9.45. The van der Waals surface area contributed by atoms with E-state index in [4.69, 9.17) is 58.0 Å². The largest absolute Gasteiger partial charge is 0.325 e. The summed E-state index contributed by atoms with van der Waals surface area (Å²) in [4.78, 5) is 25.6. The Morgan fingerprint density at radius 1 is 0.879 bits per heavy atom. The van der Waals surface area contributed by atoms with Gasteiger partial charge in [-0.25, -0.2) is 4.39 Å². The van der Waals surface area contributed by atoms with E-state index in [2.05, 4.69) is 10.6 Å². The summed E-state index contributed by atoms with van der Waals surface area (Å²) in [7, 11) is 0. The molecule has 10 heteroatoms. The molecule has 0 heterocycles. The summed E-state index contributed by atoms with van der Waals surface area (Å²) in [6, 6.07) is 14.2. The number of anilines is 2. The molecule has 0 bridgehead atoms. The number of rotatable bonds is 6. The zero-order chi connectivity index (χ0) is 24.3. The maximum absolute atomic E-state index is 13.1. The lowest BCUT2D eigenvalue weighted by Crippen LogP contribution is -2.32. The van der Waals surface area contributed by atoms with Crippen LogP contribution in [-0.2, 0) is 4.79 Å². The smallest absolute Gasteiger partial charge is 0.255 e. The maximum Gasteiger partial charge on any atom is 0.255 e. The number of hydrogen-bond donors (Lipinski definition) is 2. The Morgan fingerprint density at radius 2 is 1.48 bits per heavy atom. The van der Waals surface area contributed by atoms with E-state index in [0.29, 0.717) is 21.3 Å². The number of carbonyl (C=O) groups is 2. The van der Waals surface area contributed by atoms with Crippen LogP contribution in [0.1, 0.15) is 28.8 Å². The van der Waals surface area contributed by atoms with E-state index in [-0.39, 0.29) is 16.3 Å². The molecule has 1 atom stereocenters. The number of benzene rings is 3. The predicted molar refractivity (Wildman–Crippen MR) is 134 cm³/mol. The molecule has 0 aliphatic rings. The minimum absolute atomic E-state index is 0.236. The standard InChI is InChI=1S/C23H16Cl5FN2O2/c1-23(27,28)20(13-8-14(24)10-15(25)9-13)22(33)30-17-6-7-18(26)19(11-17)31-21(32)12-2-4-16(29)5-3-12/h2-11,20H,1H3,(H,30,33)(H,31,32). The van der Waals surface area contributed by atoms with Crippen molar-refractivity contribution in [2.75, 3.05) is 10.6 Å². The van der Waals surface area contributed by atoms with Crippen LogP contribution in [0.2, 0.25) is 15.1 Å². The minimum Gasteiger partial charge on any atom is -0.325 e. The molecule has 0 radical (unpaired) electrons. The molecule has 2 amide bonds. The number of hydrogen-bond acceptors (Lipinski definition) is 2. The predicted octanol–water partition coefficient (Wildman–Crippen LogP) is 7.95. The van der Waals surface area contributed by atoms with Gasteiger partial charge in [-0.3, -0.25) is 9.59 Å². The van der Waals surface area contributed by atoms with Gasteiger partial charge in [-0.15, -0.1) is 23.2 Å². The zero-order valence-electron chi connectivity index (χ0n) is 16.9. The second-order valence-corrected chi connectivity index (χ2v) is 10.3. The van der Waals surface area contributed by atoms with Crippen molar-refractivity contribution in [3.05, 3.63) is 92.7 Å². The van der Waals surface area contributed by atoms with Crippen LogP contribution in [0.15, 0.2) is 60.7 Å². The van der Waals surface area contributed by atoms with Crippen LogP contribution in [0.25, 0.3) is 0 Å². The maximum atomic E-state index is 13.1. The first kappa shape index (κ1) is 25.6. The normalized spacial score (nSPS) is 12.2. The molecule has 0 fully saturated rings. The highest BCUT2D eigenvalue weighted by Crippen LogP contribution is 2.40. The van der Waals surface area contributed by atoms with Gasteiger partial charge >= 0.3 is 0 Å². The molecule has 0 saturated heterocycles. The molecular formula is C23H16Cl5FN2O2. The molecule has 0 aliphatic heterocycles. The van der Waals surface area contributed by atoms with E-state index in [1.54, 1.807) is 18.2 Å². The van der Waals surface area contributed by atoms with Crippen molar-refractivity contribution in [2.24, 2.45) is 0 Å². The number of nitrogens with one attached hydrogen (secondary N) is 2. The summed E-state index contributed by atoms with van der Waals surface area (Å²) < 4.78 is 11.6. The quantitative estimate of drug-likeness (QED) is 0.307. The molecule has 172 valence electrons. The highest BCUT2D eigenvalue weighted by Gasteiger charge is 2.37. The molecule has 0 aromatic heterocycles. The van der Waals surface area contributed by atoms with E-state index in [1.807, 2.05) is 0 Å². The second-order valence-electron chi connectivity index (χ2n) is 7.24. The summed E-state index contributed by atoms with van der Waals surface area (Å²) in [6.45, 7) is 1.48. The Bertz CT molecular complexity index is 1180. The summed E-state index contributed by atoms with van der Waals surface area (Å²) >= 11 is 31.0. The minimum atomic E-state index is -1.50. The van der Waals surface area contributed by atoms with Crippen LogP contribution in [0.5, 0.6) is 0 Å². The Kier molecular flexibility index (Phi) is 8.14. The molecule has 33 heavy (non-hydrogen) atoms. The highest BCUT2D eigenvalue weighted by molar-refractivity contribution is 6.50. The Balaban J connectivity index is 1.85. The first-order chi connectivity index (χ1) is 15.4. The Hall–Kier alpha value is -2.02. The first-order valence-corrected chi connectivity index (χ1v) is 11.3. The fourth-order valence-electron chi connectivity index (χ4n) is 3.13. The van der Waals surface area contributed by atoms with Gasteiger partial charge in [0.15, 0.2) is 0 Å². The topological polar surface area (TPSA) is 58.2 Å². The molecule has 0 saturated carbocycles. The van der Waals surface area contributed by atoms with Crippen LogP contribution in [0.3, 0.4) is 0 Å². The van der Waals surface area contributed by atoms with E-state index in [9.17, 15) is 14.0 Å².